The smallest absolute Gasteiger partial charge is 0.241 e. The van der Waals surface area contributed by atoms with Gasteiger partial charge < -0.3 is 10.2 Å². The van der Waals surface area contributed by atoms with E-state index >= 15 is 0 Å². The van der Waals surface area contributed by atoms with Crippen molar-refractivity contribution in [3.8, 4) is 0 Å². The highest BCUT2D eigenvalue weighted by atomic mass is 35.5. The molecule has 2 fully saturated rings. The first-order valence-electron chi connectivity index (χ1n) is 8.18. The Kier molecular flexibility index (Phi) is 6.73. The first-order chi connectivity index (χ1) is 11.3. The number of likely N-dealkylation sites (tertiary alicyclic amines) is 1. The quantitative estimate of drug-likeness (QED) is 0.796. The van der Waals surface area contributed by atoms with Gasteiger partial charge in [-0.1, -0.05) is 11.6 Å². The van der Waals surface area contributed by atoms with Crippen LogP contribution in [0.4, 0.5) is 0 Å². The van der Waals surface area contributed by atoms with E-state index in [-0.39, 0.29) is 23.2 Å². The van der Waals surface area contributed by atoms with Crippen LogP contribution in [-0.2, 0) is 14.8 Å². The molecule has 2 N–H and O–H groups in total. The van der Waals surface area contributed by atoms with Gasteiger partial charge in [0.15, 0.2) is 0 Å². The lowest BCUT2D eigenvalue weighted by Gasteiger charge is -2.27. The summed E-state index contributed by atoms with van der Waals surface area (Å²) in [6.07, 6.45) is 3.14. The summed E-state index contributed by atoms with van der Waals surface area (Å²) < 4.78 is 27.3. The zero-order valence-electron chi connectivity index (χ0n) is 13.9. The minimum absolute atomic E-state index is 0. The average Bonchev–Trinajstić information content (AvgIpc) is 2.86. The molecule has 0 radical (unpaired) electrons. The predicted octanol–water partition coefficient (Wildman–Crippen LogP) is 1.78. The summed E-state index contributed by atoms with van der Waals surface area (Å²) in [5.41, 5.74) is 0. The van der Waals surface area contributed by atoms with E-state index in [2.05, 4.69) is 10.0 Å². The van der Waals surface area contributed by atoms with E-state index in [1.54, 1.807) is 11.8 Å². The lowest BCUT2D eigenvalue weighted by Crippen LogP contribution is -2.49. The highest BCUT2D eigenvalue weighted by molar-refractivity contribution is 7.89. The molecule has 1 aromatic rings. The van der Waals surface area contributed by atoms with Crippen LogP contribution in [0.5, 0.6) is 0 Å². The molecule has 3 unspecified atom stereocenters. The number of hydrogen-bond donors (Lipinski definition) is 2. The molecule has 2 heterocycles. The van der Waals surface area contributed by atoms with Crippen molar-refractivity contribution in [2.45, 2.75) is 49.2 Å². The number of carbonyl (C=O) groups excluding carboxylic acids is 1. The number of nitrogens with one attached hydrogen (secondary N) is 2. The van der Waals surface area contributed by atoms with Gasteiger partial charge in [-0.05, 0) is 50.5 Å². The zero-order valence-corrected chi connectivity index (χ0v) is 16.3. The molecule has 0 aromatic heterocycles. The van der Waals surface area contributed by atoms with Gasteiger partial charge in [-0.25, -0.2) is 8.42 Å². The Morgan fingerprint density at radius 3 is 2.56 bits per heavy atom. The molecular weight excluding hydrogens is 385 g/mol. The van der Waals surface area contributed by atoms with Crippen LogP contribution in [0.3, 0.4) is 0 Å². The van der Waals surface area contributed by atoms with Gasteiger partial charge in [0, 0.05) is 30.2 Å². The Balaban J connectivity index is 0.00000225. The molecule has 0 aliphatic carbocycles. The van der Waals surface area contributed by atoms with E-state index in [0.29, 0.717) is 30.2 Å². The van der Waals surface area contributed by atoms with Gasteiger partial charge in [0.2, 0.25) is 15.9 Å². The van der Waals surface area contributed by atoms with Gasteiger partial charge >= 0.3 is 0 Å². The number of sulfonamides is 1. The van der Waals surface area contributed by atoms with E-state index < -0.39 is 16.1 Å². The highest BCUT2D eigenvalue weighted by Crippen LogP contribution is 2.21. The second kappa shape index (κ2) is 8.22. The van der Waals surface area contributed by atoms with Crippen molar-refractivity contribution in [2.24, 2.45) is 0 Å². The van der Waals surface area contributed by atoms with Crippen molar-refractivity contribution in [2.75, 3.05) is 13.1 Å². The van der Waals surface area contributed by atoms with Crippen molar-refractivity contribution < 1.29 is 13.2 Å². The molecule has 6 nitrogen and oxygen atoms in total. The summed E-state index contributed by atoms with van der Waals surface area (Å²) in [5.74, 6) is -0.179. The molecule has 2 saturated heterocycles. The fourth-order valence-electron chi connectivity index (χ4n) is 3.38. The van der Waals surface area contributed by atoms with Crippen molar-refractivity contribution in [1.82, 2.24) is 14.9 Å². The minimum Gasteiger partial charge on any atom is -0.340 e. The maximum atomic E-state index is 12.6. The van der Waals surface area contributed by atoms with Crippen molar-refractivity contribution in [3.05, 3.63) is 29.3 Å². The maximum absolute atomic E-state index is 12.6. The normalized spacial score (nSPS) is 24.3. The van der Waals surface area contributed by atoms with E-state index in [9.17, 15) is 13.2 Å². The number of amides is 1. The first kappa shape index (κ1) is 20.5. The van der Waals surface area contributed by atoms with E-state index in [1.165, 1.54) is 24.3 Å². The Labute approximate surface area is 159 Å². The monoisotopic (exact) mass is 407 g/mol. The number of halogens is 2. The third-order valence-corrected chi connectivity index (χ3v) is 6.47. The Morgan fingerprint density at radius 2 is 1.88 bits per heavy atom. The molecule has 0 spiro atoms. The minimum atomic E-state index is -3.75. The van der Waals surface area contributed by atoms with E-state index in [0.717, 1.165) is 19.3 Å². The Morgan fingerprint density at radius 1 is 1.24 bits per heavy atom. The zero-order chi connectivity index (χ0) is 17.3. The Hall–Kier alpha value is -0.860. The van der Waals surface area contributed by atoms with Gasteiger partial charge in [0.1, 0.15) is 0 Å². The van der Waals surface area contributed by atoms with Crippen LogP contribution in [-0.4, -0.2) is 50.4 Å². The third-order valence-electron chi connectivity index (χ3n) is 4.66. The van der Waals surface area contributed by atoms with Crippen LogP contribution < -0.4 is 10.0 Å². The largest absolute Gasteiger partial charge is 0.340 e. The number of nitrogens with zero attached hydrogens (tertiary/aromatic N) is 1. The van der Waals surface area contributed by atoms with E-state index in [1.807, 2.05) is 0 Å². The van der Waals surface area contributed by atoms with Gasteiger partial charge in [-0.15, -0.1) is 12.4 Å². The fourth-order valence-corrected chi connectivity index (χ4v) is 4.70. The van der Waals surface area contributed by atoms with Gasteiger partial charge in [-0.3, -0.25) is 4.79 Å². The highest BCUT2D eigenvalue weighted by Gasteiger charge is 2.33. The molecule has 3 atom stereocenters. The summed E-state index contributed by atoms with van der Waals surface area (Å²) in [5, 5.41) is 3.97. The molecule has 1 aromatic carbocycles. The van der Waals surface area contributed by atoms with Crippen LogP contribution >= 0.6 is 24.0 Å². The van der Waals surface area contributed by atoms with Crippen molar-refractivity contribution >= 4 is 39.9 Å². The van der Waals surface area contributed by atoms with E-state index in [4.69, 9.17) is 11.6 Å². The predicted molar refractivity (Wildman–Crippen MR) is 99.6 cm³/mol. The second-order valence-corrected chi connectivity index (χ2v) is 8.66. The maximum Gasteiger partial charge on any atom is 0.241 e. The molecule has 3 rings (SSSR count). The van der Waals surface area contributed by atoms with Crippen molar-refractivity contribution in [3.63, 3.8) is 0 Å². The summed E-state index contributed by atoms with van der Waals surface area (Å²) >= 11 is 5.78. The molecule has 0 saturated carbocycles. The molecular formula is C16H23Cl2N3O3S. The van der Waals surface area contributed by atoms with Gasteiger partial charge in [-0.2, -0.15) is 4.72 Å². The number of benzene rings is 1. The average molecular weight is 408 g/mol. The standard InChI is InChI=1S/C16H22ClN3O3S.ClH/c1-11(19-24(22,23)15-6-2-12(17)3-7-15)16(21)20-9-8-13-4-5-14(10-20)18-13;/h2-3,6-7,11,13-14,18-19H,4-5,8-10H2,1H3;1H. The van der Waals surface area contributed by atoms with Crippen molar-refractivity contribution in [1.29, 1.82) is 0 Å². The number of hydrogen-bond acceptors (Lipinski definition) is 4. The lowest BCUT2D eigenvalue weighted by molar-refractivity contribution is -0.132. The summed E-state index contributed by atoms with van der Waals surface area (Å²) in [7, 11) is -3.75. The number of carbonyl (C=O) groups is 1. The van der Waals surface area contributed by atoms with Crippen LogP contribution in [0.1, 0.15) is 26.2 Å². The van der Waals surface area contributed by atoms with Gasteiger partial charge in [0.05, 0.1) is 10.9 Å². The molecule has 2 aliphatic heterocycles. The van der Waals surface area contributed by atoms with Crippen LogP contribution in [0.25, 0.3) is 0 Å². The molecule has 1 amide bonds. The van der Waals surface area contributed by atoms with Crippen LogP contribution in [0.15, 0.2) is 29.2 Å². The summed E-state index contributed by atoms with van der Waals surface area (Å²) in [4.78, 5) is 14.5. The van der Waals surface area contributed by atoms with Crippen LogP contribution in [0.2, 0.25) is 5.02 Å². The summed E-state index contributed by atoms with van der Waals surface area (Å²) in [6.45, 7) is 2.90. The number of rotatable bonds is 4. The van der Waals surface area contributed by atoms with Crippen LogP contribution in [0, 0.1) is 0 Å². The topological polar surface area (TPSA) is 78.5 Å². The van der Waals surface area contributed by atoms with Gasteiger partial charge in [0.25, 0.3) is 0 Å². The molecule has 9 heteroatoms. The first-order valence-corrected chi connectivity index (χ1v) is 10.0. The molecule has 25 heavy (non-hydrogen) atoms. The third kappa shape index (κ3) is 4.86. The molecule has 140 valence electrons. The Bertz CT molecular complexity index is 712. The second-order valence-electron chi connectivity index (χ2n) is 6.51. The summed E-state index contributed by atoms with van der Waals surface area (Å²) in [6, 6.07) is 5.88. The number of fused-ring (bicyclic) bond motifs is 2. The lowest BCUT2D eigenvalue weighted by atomic mass is 10.1. The molecule has 2 aliphatic rings. The SMILES string of the molecule is CC(NS(=O)(=O)c1ccc(Cl)cc1)C(=O)N1CCC2CCC(C1)N2.Cl. The fraction of sp³-hybridized carbons (Fsp3) is 0.562. The molecule has 2 bridgehead atoms.